The van der Waals surface area contributed by atoms with Gasteiger partial charge in [0.05, 0.1) is 0 Å². The number of carboxylic acid groups (broad SMARTS) is 1. The van der Waals surface area contributed by atoms with Gasteiger partial charge in [-0.1, -0.05) is 31.4 Å². The molecule has 1 aromatic carbocycles. The van der Waals surface area contributed by atoms with Crippen molar-refractivity contribution < 1.29 is 14.7 Å². The van der Waals surface area contributed by atoms with Crippen LogP contribution in [0.15, 0.2) is 35.3 Å². The summed E-state index contributed by atoms with van der Waals surface area (Å²) in [5.74, 6) is -1.61. The number of carbonyl (C=O) groups is 2. The number of aromatic nitrogens is 2. The molecule has 3 N–H and O–H groups in total. The Morgan fingerprint density at radius 1 is 1.32 bits per heavy atom. The fraction of sp³-hybridized carbons (Fsp3) is 0.294. The van der Waals surface area contributed by atoms with Gasteiger partial charge in [0.25, 0.3) is 11.5 Å². The molecule has 1 amide bonds. The van der Waals surface area contributed by atoms with Gasteiger partial charge in [-0.25, -0.2) is 9.78 Å². The smallest absolute Gasteiger partial charge is 0.326 e. The average molecular weight is 364 g/mol. The Hall–Kier alpha value is -2.67. The molecule has 0 radical (unpaired) electrons. The molecule has 1 heterocycles. The second kappa shape index (κ2) is 8.43. The molecular formula is C17H18ClN3O4. The molecular weight excluding hydrogens is 346 g/mol. The maximum Gasteiger partial charge on any atom is 0.326 e. The van der Waals surface area contributed by atoms with Crippen LogP contribution in [0.3, 0.4) is 0 Å². The molecule has 0 aliphatic carbocycles. The minimum atomic E-state index is -1.14. The van der Waals surface area contributed by atoms with E-state index in [9.17, 15) is 14.4 Å². The third-order valence-electron chi connectivity index (χ3n) is 3.61. The number of carbonyl (C=O) groups excluding carboxylic acids is 1. The zero-order valence-corrected chi connectivity index (χ0v) is 14.3. The summed E-state index contributed by atoms with van der Waals surface area (Å²) in [4.78, 5) is 42.1. The summed E-state index contributed by atoms with van der Waals surface area (Å²) < 4.78 is 0. The molecule has 2 rings (SSSR count). The fourth-order valence-electron chi connectivity index (χ4n) is 2.21. The number of carboxylic acids is 1. The molecule has 0 bridgehead atoms. The van der Waals surface area contributed by atoms with E-state index in [2.05, 4.69) is 15.3 Å². The third kappa shape index (κ3) is 4.90. The second-order valence-corrected chi connectivity index (χ2v) is 5.92. The van der Waals surface area contributed by atoms with Crippen LogP contribution in [0.2, 0.25) is 5.02 Å². The van der Waals surface area contributed by atoms with Crippen LogP contribution in [-0.2, 0) is 4.79 Å². The van der Waals surface area contributed by atoms with Crippen LogP contribution in [0.1, 0.15) is 36.5 Å². The Bertz CT molecular complexity index is 817. The van der Waals surface area contributed by atoms with Crippen LogP contribution in [0.5, 0.6) is 0 Å². The van der Waals surface area contributed by atoms with Crippen molar-refractivity contribution in [1.82, 2.24) is 15.3 Å². The molecule has 2 aromatic rings. The van der Waals surface area contributed by atoms with Crippen LogP contribution < -0.4 is 10.9 Å². The van der Waals surface area contributed by atoms with E-state index < -0.39 is 23.5 Å². The van der Waals surface area contributed by atoms with Crippen molar-refractivity contribution >= 4 is 23.5 Å². The SMILES string of the molecule is CCCCC(NC(=O)c1cnc(-c2ccc(Cl)cc2)[nH]c1=O)C(=O)O. The number of nitrogens with zero attached hydrogens (tertiary/aromatic N) is 1. The summed E-state index contributed by atoms with van der Waals surface area (Å²) >= 11 is 5.81. The first-order chi connectivity index (χ1) is 11.9. The molecule has 0 aliphatic rings. The summed E-state index contributed by atoms with van der Waals surface area (Å²) in [5.41, 5.74) is -0.239. The highest BCUT2D eigenvalue weighted by Gasteiger charge is 2.22. The van der Waals surface area contributed by atoms with Crippen molar-refractivity contribution in [2.24, 2.45) is 0 Å². The van der Waals surface area contributed by atoms with Gasteiger partial charge in [-0.05, 0) is 30.7 Å². The predicted octanol–water partition coefficient (Wildman–Crippen LogP) is 2.46. The summed E-state index contributed by atoms with van der Waals surface area (Å²) in [5, 5.41) is 12.1. The molecule has 0 spiro atoms. The highest BCUT2D eigenvalue weighted by atomic mass is 35.5. The number of unbranched alkanes of at least 4 members (excludes halogenated alkanes) is 1. The zero-order chi connectivity index (χ0) is 18.4. The van der Waals surface area contributed by atoms with Crippen LogP contribution in [-0.4, -0.2) is 33.0 Å². The van der Waals surface area contributed by atoms with Crippen molar-refractivity contribution in [3.63, 3.8) is 0 Å². The monoisotopic (exact) mass is 363 g/mol. The van der Waals surface area contributed by atoms with Gasteiger partial charge in [0.1, 0.15) is 17.4 Å². The number of rotatable bonds is 7. The summed E-state index contributed by atoms with van der Waals surface area (Å²) in [7, 11) is 0. The van der Waals surface area contributed by atoms with Gasteiger partial charge < -0.3 is 15.4 Å². The Labute approximate surface area is 149 Å². The molecule has 1 unspecified atom stereocenters. The number of halogens is 1. The number of benzene rings is 1. The Morgan fingerprint density at radius 2 is 2.00 bits per heavy atom. The number of hydrogen-bond acceptors (Lipinski definition) is 4. The largest absolute Gasteiger partial charge is 0.480 e. The minimum Gasteiger partial charge on any atom is -0.480 e. The molecule has 0 fully saturated rings. The maximum absolute atomic E-state index is 12.2. The quantitative estimate of drug-likeness (QED) is 0.699. The van der Waals surface area contributed by atoms with Crippen molar-refractivity contribution in [2.45, 2.75) is 32.2 Å². The summed E-state index contributed by atoms with van der Waals surface area (Å²) in [6.07, 6.45) is 2.89. The number of aliphatic carboxylic acids is 1. The van der Waals surface area contributed by atoms with Crippen molar-refractivity contribution in [2.75, 3.05) is 0 Å². The van der Waals surface area contributed by atoms with E-state index in [0.717, 1.165) is 12.6 Å². The van der Waals surface area contributed by atoms with Gasteiger partial charge in [-0.2, -0.15) is 0 Å². The first-order valence-corrected chi connectivity index (χ1v) is 8.19. The normalized spacial score (nSPS) is 11.8. The molecule has 7 nitrogen and oxygen atoms in total. The van der Waals surface area contributed by atoms with E-state index in [1.54, 1.807) is 24.3 Å². The van der Waals surface area contributed by atoms with Crippen molar-refractivity contribution in [1.29, 1.82) is 0 Å². The van der Waals surface area contributed by atoms with Crippen LogP contribution in [0.25, 0.3) is 11.4 Å². The van der Waals surface area contributed by atoms with E-state index in [1.807, 2.05) is 6.92 Å². The molecule has 0 aliphatic heterocycles. The zero-order valence-electron chi connectivity index (χ0n) is 13.6. The van der Waals surface area contributed by atoms with Gasteiger partial charge in [-0.3, -0.25) is 9.59 Å². The highest BCUT2D eigenvalue weighted by Crippen LogP contribution is 2.16. The van der Waals surface area contributed by atoms with Gasteiger partial charge in [0.15, 0.2) is 0 Å². The lowest BCUT2D eigenvalue weighted by Crippen LogP contribution is -2.42. The average Bonchev–Trinajstić information content (AvgIpc) is 2.58. The van der Waals surface area contributed by atoms with Gasteiger partial charge in [0.2, 0.25) is 0 Å². The Kier molecular flexibility index (Phi) is 6.30. The minimum absolute atomic E-state index is 0.236. The second-order valence-electron chi connectivity index (χ2n) is 5.49. The first kappa shape index (κ1) is 18.7. The van der Waals surface area contributed by atoms with E-state index in [1.165, 1.54) is 0 Å². The topological polar surface area (TPSA) is 112 Å². The Morgan fingerprint density at radius 3 is 2.56 bits per heavy atom. The molecule has 0 saturated carbocycles. The third-order valence-corrected chi connectivity index (χ3v) is 3.86. The molecule has 1 aromatic heterocycles. The highest BCUT2D eigenvalue weighted by molar-refractivity contribution is 6.30. The number of aromatic amines is 1. The van der Waals surface area contributed by atoms with Crippen molar-refractivity contribution in [3.8, 4) is 11.4 Å². The molecule has 0 saturated heterocycles. The van der Waals surface area contributed by atoms with Gasteiger partial charge in [0, 0.05) is 16.8 Å². The number of amides is 1. The predicted molar refractivity (Wildman–Crippen MR) is 93.7 cm³/mol. The van der Waals surface area contributed by atoms with E-state index >= 15 is 0 Å². The van der Waals surface area contributed by atoms with Crippen LogP contribution >= 0.6 is 11.6 Å². The number of nitrogens with one attached hydrogen (secondary N) is 2. The lowest BCUT2D eigenvalue weighted by atomic mass is 10.1. The van der Waals surface area contributed by atoms with Gasteiger partial charge >= 0.3 is 5.97 Å². The number of hydrogen-bond donors (Lipinski definition) is 3. The Balaban J connectivity index is 2.19. The van der Waals surface area contributed by atoms with E-state index in [4.69, 9.17) is 16.7 Å². The van der Waals surface area contributed by atoms with E-state index in [-0.39, 0.29) is 5.56 Å². The van der Waals surface area contributed by atoms with Gasteiger partial charge in [-0.15, -0.1) is 0 Å². The van der Waals surface area contributed by atoms with Crippen molar-refractivity contribution in [3.05, 3.63) is 51.4 Å². The molecule has 8 heteroatoms. The van der Waals surface area contributed by atoms with Crippen LogP contribution in [0, 0.1) is 0 Å². The summed E-state index contributed by atoms with van der Waals surface area (Å²) in [6, 6.07) is 5.64. The standard InChI is InChI=1S/C17H18ClN3O4/c1-2-3-4-13(17(24)25)20-15(22)12-9-19-14(21-16(12)23)10-5-7-11(18)8-6-10/h5-9,13H,2-4H2,1H3,(H,20,22)(H,24,25)(H,19,21,23). The lowest BCUT2D eigenvalue weighted by molar-refractivity contribution is -0.139. The maximum atomic E-state index is 12.2. The molecule has 25 heavy (non-hydrogen) atoms. The fourth-order valence-corrected chi connectivity index (χ4v) is 2.34. The summed E-state index contributed by atoms with van der Waals surface area (Å²) in [6.45, 7) is 1.92. The molecule has 1 atom stereocenters. The lowest BCUT2D eigenvalue weighted by Gasteiger charge is -2.13. The van der Waals surface area contributed by atoms with Crippen LogP contribution in [0.4, 0.5) is 0 Å². The molecule has 132 valence electrons. The first-order valence-electron chi connectivity index (χ1n) is 7.81. The van der Waals surface area contributed by atoms with E-state index in [0.29, 0.717) is 29.3 Å². The number of H-pyrrole nitrogens is 1.